The summed E-state index contributed by atoms with van der Waals surface area (Å²) < 4.78 is 0. The average Bonchev–Trinajstić information content (AvgIpc) is 2.35. The molecule has 1 heterocycles. The molecule has 3 nitrogen and oxygen atoms in total. The normalized spacial score (nSPS) is 15.5. The Labute approximate surface area is 103 Å². The molecule has 0 spiro atoms. The maximum absolute atomic E-state index is 5.73. The maximum Gasteiger partial charge on any atom is 0.126 e. The third-order valence-electron chi connectivity index (χ3n) is 3.29. The van der Waals surface area contributed by atoms with E-state index in [1.807, 2.05) is 13.0 Å². The summed E-state index contributed by atoms with van der Waals surface area (Å²) in [6.07, 6.45) is 10.5. The van der Waals surface area contributed by atoms with E-state index in [0.717, 1.165) is 30.0 Å². The van der Waals surface area contributed by atoms with E-state index in [4.69, 9.17) is 5.73 Å². The van der Waals surface area contributed by atoms with Gasteiger partial charge in [0.1, 0.15) is 5.82 Å². The van der Waals surface area contributed by atoms with Gasteiger partial charge in [0, 0.05) is 6.54 Å². The zero-order valence-electron chi connectivity index (χ0n) is 10.5. The van der Waals surface area contributed by atoms with E-state index in [2.05, 4.69) is 16.4 Å². The molecule has 0 bridgehead atoms. The van der Waals surface area contributed by atoms with Gasteiger partial charge in [0.25, 0.3) is 0 Å². The van der Waals surface area contributed by atoms with Crippen LogP contribution in [0, 0.1) is 6.92 Å². The number of nitrogens with two attached hydrogens (primary N) is 1. The topological polar surface area (TPSA) is 50.9 Å². The molecular formula is C14H21N3. The van der Waals surface area contributed by atoms with Crippen molar-refractivity contribution in [3.8, 4) is 0 Å². The summed E-state index contributed by atoms with van der Waals surface area (Å²) in [4.78, 5) is 4.27. The maximum atomic E-state index is 5.73. The van der Waals surface area contributed by atoms with Gasteiger partial charge in [-0.2, -0.15) is 0 Å². The van der Waals surface area contributed by atoms with E-state index in [-0.39, 0.29) is 0 Å². The van der Waals surface area contributed by atoms with Crippen molar-refractivity contribution < 1.29 is 0 Å². The Balaban J connectivity index is 1.81. The van der Waals surface area contributed by atoms with Crippen LogP contribution in [0.5, 0.6) is 0 Å². The van der Waals surface area contributed by atoms with Crippen molar-refractivity contribution in [3.63, 3.8) is 0 Å². The molecule has 3 N–H and O–H groups in total. The number of hydrogen-bond acceptors (Lipinski definition) is 3. The van der Waals surface area contributed by atoms with Crippen LogP contribution < -0.4 is 11.1 Å². The fourth-order valence-corrected chi connectivity index (χ4v) is 2.15. The molecule has 0 aliphatic heterocycles. The second-order valence-electron chi connectivity index (χ2n) is 4.71. The second kappa shape index (κ2) is 5.71. The second-order valence-corrected chi connectivity index (χ2v) is 4.71. The minimum atomic E-state index is 0.755. The van der Waals surface area contributed by atoms with Gasteiger partial charge in [-0.05, 0) is 50.7 Å². The SMILES string of the molecule is Cc1cc(NCCC2=CCCCC2)ncc1N. The van der Waals surface area contributed by atoms with Crippen molar-refractivity contribution in [2.45, 2.75) is 39.0 Å². The highest BCUT2D eigenvalue weighted by Gasteiger charge is 2.03. The van der Waals surface area contributed by atoms with E-state index in [9.17, 15) is 0 Å². The van der Waals surface area contributed by atoms with Crippen LogP contribution in [-0.2, 0) is 0 Å². The first kappa shape index (κ1) is 12.0. The lowest BCUT2D eigenvalue weighted by Gasteiger charge is -2.13. The molecule has 2 rings (SSSR count). The number of nitrogen functional groups attached to an aromatic ring is 1. The first-order chi connectivity index (χ1) is 8.25. The highest BCUT2D eigenvalue weighted by molar-refractivity contribution is 5.50. The number of allylic oxidation sites excluding steroid dienone is 1. The number of pyridine rings is 1. The Kier molecular flexibility index (Phi) is 4.02. The zero-order chi connectivity index (χ0) is 12.1. The summed E-state index contributed by atoms with van der Waals surface area (Å²) in [6, 6.07) is 2.00. The van der Waals surface area contributed by atoms with Gasteiger partial charge in [-0.1, -0.05) is 11.6 Å². The smallest absolute Gasteiger partial charge is 0.126 e. The van der Waals surface area contributed by atoms with E-state index < -0.39 is 0 Å². The summed E-state index contributed by atoms with van der Waals surface area (Å²) in [7, 11) is 0. The molecule has 0 aromatic carbocycles. The highest BCUT2D eigenvalue weighted by Crippen LogP contribution is 2.20. The van der Waals surface area contributed by atoms with Crippen LogP contribution in [0.1, 0.15) is 37.7 Å². The van der Waals surface area contributed by atoms with Gasteiger partial charge in [-0.15, -0.1) is 0 Å². The Hall–Kier alpha value is -1.51. The molecular weight excluding hydrogens is 210 g/mol. The Morgan fingerprint density at radius 3 is 3.00 bits per heavy atom. The van der Waals surface area contributed by atoms with Gasteiger partial charge in [-0.3, -0.25) is 0 Å². The predicted molar refractivity (Wildman–Crippen MR) is 73.0 cm³/mol. The minimum Gasteiger partial charge on any atom is -0.397 e. The number of nitrogens with one attached hydrogen (secondary N) is 1. The van der Waals surface area contributed by atoms with E-state index in [1.54, 1.807) is 11.8 Å². The van der Waals surface area contributed by atoms with Crippen molar-refractivity contribution in [2.75, 3.05) is 17.6 Å². The van der Waals surface area contributed by atoms with Crippen LogP contribution in [0.2, 0.25) is 0 Å². The van der Waals surface area contributed by atoms with Crippen LogP contribution >= 0.6 is 0 Å². The fourth-order valence-electron chi connectivity index (χ4n) is 2.15. The monoisotopic (exact) mass is 231 g/mol. The number of aromatic nitrogens is 1. The summed E-state index contributed by atoms with van der Waals surface area (Å²) in [5.74, 6) is 0.924. The molecule has 1 aliphatic rings. The highest BCUT2D eigenvalue weighted by atomic mass is 15.0. The molecule has 3 heteroatoms. The van der Waals surface area contributed by atoms with Gasteiger partial charge < -0.3 is 11.1 Å². The predicted octanol–water partition coefficient (Wildman–Crippen LogP) is 3.27. The van der Waals surface area contributed by atoms with Gasteiger partial charge in [0.2, 0.25) is 0 Å². The number of rotatable bonds is 4. The fraction of sp³-hybridized carbons (Fsp3) is 0.500. The Morgan fingerprint density at radius 2 is 2.29 bits per heavy atom. The van der Waals surface area contributed by atoms with Gasteiger partial charge >= 0.3 is 0 Å². The molecule has 0 fully saturated rings. The van der Waals surface area contributed by atoms with Gasteiger partial charge in [0.05, 0.1) is 11.9 Å². The molecule has 0 radical (unpaired) electrons. The molecule has 17 heavy (non-hydrogen) atoms. The summed E-state index contributed by atoms with van der Waals surface area (Å²) in [6.45, 7) is 2.97. The van der Waals surface area contributed by atoms with Crippen LogP contribution in [0.15, 0.2) is 23.9 Å². The molecule has 92 valence electrons. The van der Waals surface area contributed by atoms with Crippen molar-refractivity contribution >= 4 is 11.5 Å². The number of nitrogens with zero attached hydrogens (tertiary/aromatic N) is 1. The quantitative estimate of drug-likeness (QED) is 0.782. The van der Waals surface area contributed by atoms with Crippen LogP contribution in [-0.4, -0.2) is 11.5 Å². The number of aryl methyl sites for hydroxylation is 1. The first-order valence-corrected chi connectivity index (χ1v) is 6.39. The molecule has 0 saturated carbocycles. The molecule has 1 aromatic rings. The minimum absolute atomic E-state index is 0.755. The molecule has 1 aliphatic carbocycles. The summed E-state index contributed by atoms with van der Waals surface area (Å²) in [5, 5.41) is 3.35. The Morgan fingerprint density at radius 1 is 1.41 bits per heavy atom. The van der Waals surface area contributed by atoms with Gasteiger partial charge in [-0.25, -0.2) is 4.98 Å². The zero-order valence-corrected chi connectivity index (χ0v) is 10.5. The third-order valence-corrected chi connectivity index (χ3v) is 3.29. The number of anilines is 2. The molecule has 0 unspecified atom stereocenters. The van der Waals surface area contributed by atoms with Crippen molar-refractivity contribution in [3.05, 3.63) is 29.5 Å². The van der Waals surface area contributed by atoms with Crippen molar-refractivity contribution in [1.82, 2.24) is 4.98 Å². The summed E-state index contributed by atoms with van der Waals surface area (Å²) >= 11 is 0. The lowest BCUT2D eigenvalue weighted by Crippen LogP contribution is -2.06. The lowest BCUT2D eigenvalue weighted by molar-refractivity contribution is 0.679. The third kappa shape index (κ3) is 3.48. The summed E-state index contributed by atoms with van der Waals surface area (Å²) in [5.41, 5.74) is 9.17. The molecule has 0 saturated heterocycles. The molecule has 1 aromatic heterocycles. The molecule has 0 amide bonds. The van der Waals surface area contributed by atoms with E-state index in [1.165, 1.54) is 25.7 Å². The largest absolute Gasteiger partial charge is 0.397 e. The standard InChI is InChI=1S/C14H21N3/c1-11-9-14(17-10-13(11)15)16-8-7-12-5-3-2-4-6-12/h5,9-10H,2-4,6-8,15H2,1H3,(H,16,17). The van der Waals surface area contributed by atoms with E-state index >= 15 is 0 Å². The van der Waals surface area contributed by atoms with Gasteiger partial charge in [0.15, 0.2) is 0 Å². The first-order valence-electron chi connectivity index (χ1n) is 6.39. The van der Waals surface area contributed by atoms with Crippen molar-refractivity contribution in [1.29, 1.82) is 0 Å². The number of hydrogen-bond donors (Lipinski definition) is 2. The van der Waals surface area contributed by atoms with Crippen molar-refractivity contribution in [2.24, 2.45) is 0 Å². The average molecular weight is 231 g/mol. The lowest BCUT2D eigenvalue weighted by atomic mass is 9.97. The van der Waals surface area contributed by atoms with Crippen LogP contribution in [0.3, 0.4) is 0 Å². The molecule has 0 atom stereocenters. The van der Waals surface area contributed by atoms with Crippen LogP contribution in [0.25, 0.3) is 0 Å². The Bertz CT molecular complexity index is 410. The van der Waals surface area contributed by atoms with E-state index in [0.29, 0.717) is 0 Å². The van der Waals surface area contributed by atoms with Crippen LogP contribution in [0.4, 0.5) is 11.5 Å².